The predicted octanol–water partition coefficient (Wildman–Crippen LogP) is 2.72. The van der Waals surface area contributed by atoms with Crippen LogP contribution in [-0.4, -0.2) is 32.0 Å². The largest absolute Gasteiger partial charge is 0.481 e. The number of halogens is 1. The molecule has 0 saturated carbocycles. The molecule has 18 heavy (non-hydrogen) atoms. The smallest absolute Gasteiger partial charge is 0.313 e. The zero-order chi connectivity index (χ0) is 13.1. The molecule has 1 aromatic heterocycles. The summed E-state index contributed by atoms with van der Waals surface area (Å²) in [5.74, 6) is -0.291. The van der Waals surface area contributed by atoms with Crippen LogP contribution in [0.1, 0.15) is 5.56 Å². The fourth-order valence-corrected chi connectivity index (χ4v) is 2.29. The van der Waals surface area contributed by atoms with E-state index in [-0.39, 0.29) is 5.75 Å². The van der Waals surface area contributed by atoms with Gasteiger partial charge in [-0.15, -0.1) is 5.10 Å². The molecule has 1 aromatic carbocycles. The topological polar surface area (TPSA) is 78.9 Å². The fraction of sp³-hybridized carbons (Fsp3) is 0.182. The molecule has 0 fully saturated rings. The fourth-order valence-electron chi connectivity index (χ4n) is 1.41. The average molecular weight is 328 g/mol. The maximum absolute atomic E-state index is 10.5. The molecule has 94 valence electrons. The van der Waals surface area contributed by atoms with Gasteiger partial charge >= 0.3 is 5.97 Å². The lowest BCUT2D eigenvalue weighted by molar-refractivity contribution is -0.133. The van der Waals surface area contributed by atoms with Crippen LogP contribution < -0.4 is 0 Å². The van der Waals surface area contributed by atoms with Gasteiger partial charge in [-0.05, 0) is 24.6 Å². The molecule has 0 radical (unpaired) electrons. The molecule has 7 heteroatoms. The lowest BCUT2D eigenvalue weighted by Gasteiger charge is -2.01. The van der Waals surface area contributed by atoms with Crippen molar-refractivity contribution in [3.63, 3.8) is 0 Å². The van der Waals surface area contributed by atoms with Gasteiger partial charge in [-0.1, -0.05) is 33.8 Å². The number of aliphatic carboxylic acids is 1. The molecule has 0 aliphatic rings. The van der Waals surface area contributed by atoms with E-state index in [0.717, 1.165) is 27.4 Å². The van der Waals surface area contributed by atoms with E-state index in [1.165, 1.54) is 0 Å². The van der Waals surface area contributed by atoms with Gasteiger partial charge in [0.15, 0.2) is 5.82 Å². The number of aromatic amines is 1. The highest BCUT2D eigenvalue weighted by Gasteiger charge is 2.10. The summed E-state index contributed by atoms with van der Waals surface area (Å²) in [6, 6.07) is 5.88. The molecule has 1 heterocycles. The van der Waals surface area contributed by atoms with Gasteiger partial charge in [0, 0.05) is 10.0 Å². The van der Waals surface area contributed by atoms with Gasteiger partial charge in [-0.25, -0.2) is 4.98 Å². The lowest BCUT2D eigenvalue weighted by Crippen LogP contribution is -1.97. The second-order valence-corrected chi connectivity index (χ2v) is 5.47. The van der Waals surface area contributed by atoms with Gasteiger partial charge in [-0.2, -0.15) is 0 Å². The van der Waals surface area contributed by atoms with E-state index >= 15 is 0 Å². The Hall–Kier alpha value is -1.34. The molecule has 0 bridgehead atoms. The molecule has 2 rings (SSSR count). The molecule has 0 atom stereocenters. The van der Waals surface area contributed by atoms with Crippen LogP contribution in [0.15, 0.2) is 27.8 Å². The van der Waals surface area contributed by atoms with Gasteiger partial charge < -0.3 is 5.11 Å². The quantitative estimate of drug-likeness (QED) is 0.844. The molecule has 0 spiro atoms. The Morgan fingerprint density at radius 2 is 2.33 bits per heavy atom. The average Bonchev–Trinajstić information content (AvgIpc) is 2.78. The highest BCUT2D eigenvalue weighted by molar-refractivity contribution is 9.10. The van der Waals surface area contributed by atoms with Crippen molar-refractivity contribution >= 4 is 33.7 Å². The molecule has 0 aliphatic heterocycles. The first-order valence-corrected chi connectivity index (χ1v) is 6.87. The number of thioether (sulfide) groups is 1. The summed E-state index contributed by atoms with van der Waals surface area (Å²) >= 11 is 4.49. The van der Waals surface area contributed by atoms with E-state index in [2.05, 4.69) is 31.1 Å². The van der Waals surface area contributed by atoms with Gasteiger partial charge in [0.25, 0.3) is 0 Å². The molecule has 0 aliphatic carbocycles. The normalized spacial score (nSPS) is 10.6. The zero-order valence-corrected chi connectivity index (χ0v) is 11.9. The van der Waals surface area contributed by atoms with E-state index in [1.54, 1.807) is 0 Å². The number of aryl methyl sites for hydroxylation is 1. The SMILES string of the molecule is Cc1ccc(Br)cc1-c1nc(SCC(=O)O)n[nH]1. The molecule has 2 N–H and O–H groups in total. The standard InChI is InChI=1S/C11H10BrN3O2S/c1-6-2-3-7(12)4-8(6)10-13-11(15-14-10)18-5-9(16)17/h2-4H,5H2,1H3,(H,16,17)(H,13,14,15). The van der Waals surface area contributed by atoms with Gasteiger partial charge in [-0.3, -0.25) is 9.89 Å². The Balaban J connectivity index is 2.23. The third-order valence-electron chi connectivity index (χ3n) is 2.24. The first-order chi connectivity index (χ1) is 8.56. The molecule has 0 amide bonds. The van der Waals surface area contributed by atoms with Crippen LogP contribution >= 0.6 is 27.7 Å². The number of rotatable bonds is 4. The summed E-state index contributed by atoms with van der Waals surface area (Å²) in [6.45, 7) is 1.98. The summed E-state index contributed by atoms with van der Waals surface area (Å²) in [4.78, 5) is 14.7. The summed E-state index contributed by atoms with van der Waals surface area (Å²) in [6.07, 6.45) is 0. The van der Waals surface area contributed by atoms with Crippen molar-refractivity contribution in [2.45, 2.75) is 12.1 Å². The predicted molar refractivity (Wildman–Crippen MR) is 72.6 cm³/mol. The third kappa shape index (κ3) is 3.11. The van der Waals surface area contributed by atoms with Crippen LogP contribution in [0.25, 0.3) is 11.4 Å². The minimum absolute atomic E-state index is 0.0469. The Morgan fingerprint density at radius 3 is 3.06 bits per heavy atom. The van der Waals surface area contributed by atoms with Crippen molar-refractivity contribution in [2.75, 3.05) is 5.75 Å². The van der Waals surface area contributed by atoms with Gasteiger partial charge in [0.05, 0.1) is 5.75 Å². The number of carboxylic acids is 1. The molecular weight excluding hydrogens is 318 g/mol. The number of carbonyl (C=O) groups is 1. The maximum Gasteiger partial charge on any atom is 0.313 e. The highest BCUT2D eigenvalue weighted by atomic mass is 79.9. The number of nitrogens with zero attached hydrogens (tertiary/aromatic N) is 2. The monoisotopic (exact) mass is 327 g/mol. The van der Waals surface area contributed by atoms with Crippen molar-refractivity contribution < 1.29 is 9.90 Å². The first-order valence-electron chi connectivity index (χ1n) is 5.10. The van der Waals surface area contributed by atoms with Crippen LogP contribution in [-0.2, 0) is 4.79 Å². The Labute approximate surface area is 116 Å². The molecule has 0 saturated heterocycles. The Bertz CT molecular complexity index is 585. The Morgan fingerprint density at radius 1 is 1.56 bits per heavy atom. The van der Waals surface area contributed by atoms with Crippen molar-refractivity contribution in [2.24, 2.45) is 0 Å². The van der Waals surface area contributed by atoms with E-state index in [0.29, 0.717) is 11.0 Å². The zero-order valence-electron chi connectivity index (χ0n) is 9.48. The van der Waals surface area contributed by atoms with Crippen LogP contribution in [0.4, 0.5) is 0 Å². The van der Waals surface area contributed by atoms with E-state index < -0.39 is 5.97 Å². The summed E-state index contributed by atoms with van der Waals surface area (Å²) in [5.41, 5.74) is 2.02. The molecule has 0 unspecified atom stereocenters. The summed E-state index contributed by atoms with van der Waals surface area (Å²) in [7, 11) is 0. The molecular formula is C11H10BrN3O2S. The molecule has 5 nitrogen and oxygen atoms in total. The Kier molecular flexibility index (Phi) is 4.03. The number of aromatic nitrogens is 3. The third-order valence-corrected chi connectivity index (χ3v) is 3.57. The van der Waals surface area contributed by atoms with Crippen LogP contribution in [0.5, 0.6) is 0 Å². The number of nitrogens with one attached hydrogen (secondary N) is 1. The number of benzene rings is 1. The maximum atomic E-state index is 10.5. The minimum Gasteiger partial charge on any atom is -0.481 e. The second-order valence-electron chi connectivity index (χ2n) is 3.61. The minimum atomic E-state index is -0.884. The van der Waals surface area contributed by atoms with Crippen LogP contribution in [0.3, 0.4) is 0 Å². The van der Waals surface area contributed by atoms with Gasteiger partial charge in [0.1, 0.15) is 0 Å². The summed E-state index contributed by atoms with van der Waals surface area (Å²) in [5, 5.41) is 15.8. The van der Waals surface area contributed by atoms with Crippen molar-refractivity contribution in [1.82, 2.24) is 15.2 Å². The number of H-pyrrole nitrogens is 1. The van der Waals surface area contributed by atoms with E-state index in [4.69, 9.17) is 5.11 Å². The van der Waals surface area contributed by atoms with Crippen LogP contribution in [0, 0.1) is 6.92 Å². The van der Waals surface area contributed by atoms with Crippen LogP contribution in [0.2, 0.25) is 0 Å². The first kappa shape index (κ1) is 13.1. The second kappa shape index (κ2) is 5.53. The van der Waals surface area contributed by atoms with E-state index in [1.807, 2.05) is 25.1 Å². The lowest BCUT2D eigenvalue weighted by atomic mass is 10.1. The van der Waals surface area contributed by atoms with Crippen molar-refractivity contribution in [3.05, 3.63) is 28.2 Å². The van der Waals surface area contributed by atoms with Crippen molar-refractivity contribution in [1.29, 1.82) is 0 Å². The number of hydrogen-bond donors (Lipinski definition) is 2. The summed E-state index contributed by atoms with van der Waals surface area (Å²) < 4.78 is 0.958. The highest BCUT2D eigenvalue weighted by Crippen LogP contribution is 2.25. The number of hydrogen-bond acceptors (Lipinski definition) is 4. The molecule has 2 aromatic rings. The number of carboxylic acid groups (broad SMARTS) is 1. The van der Waals surface area contributed by atoms with Gasteiger partial charge in [0.2, 0.25) is 5.16 Å². The van der Waals surface area contributed by atoms with Crippen molar-refractivity contribution in [3.8, 4) is 11.4 Å². The van der Waals surface area contributed by atoms with E-state index in [9.17, 15) is 4.79 Å².